The number of para-hydroxylation sites is 1. The molecule has 5 heteroatoms. The van der Waals surface area contributed by atoms with Crippen LogP contribution in [0.5, 0.6) is 0 Å². The second-order valence-electron chi connectivity index (χ2n) is 7.12. The summed E-state index contributed by atoms with van der Waals surface area (Å²) in [5, 5.41) is 0.951. The Balaban J connectivity index is 1.65. The minimum atomic E-state index is -0.463. The number of amides is 2. The first-order valence-corrected chi connectivity index (χ1v) is 8.41. The molecule has 26 heavy (non-hydrogen) atoms. The fraction of sp³-hybridized carbons (Fsp3) is 0.190. The first-order chi connectivity index (χ1) is 12.3. The van der Waals surface area contributed by atoms with E-state index in [1.165, 1.54) is 0 Å². The van der Waals surface area contributed by atoms with Crippen molar-refractivity contribution in [3.05, 3.63) is 77.5 Å². The van der Waals surface area contributed by atoms with Crippen LogP contribution >= 0.6 is 0 Å². The van der Waals surface area contributed by atoms with E-state index in [0.717, 1.165) is 16.5 Å². The third-order valence-corrected chi connectivity index (χ3v) is 4.13. The number of rotatable bonds is 2. The highest BCUT2D eigenvalue weighted by atomic mass is 16.2. The molecule has 5 nitrogen and oxygen atoms in total. The molecule has 1 heterocycles. The van der Waals surface area contributed by atoms with Gasteiger partial charge in [0.15, 0.2) is 0 Å². The molecule has 0 saturated heterocycles. The summed E-state index contributed by atoms with van der Waals surface area (Å²) in [6.45, 7) is 6.33. The van der Waals surface area contributed by atoms with E-state index < -0.39 is 5.91 Å². The van der Waals surface area contributed by atoms with Crippen LogP contribution in [0.25, 0.3) is 10.9 Å². The lowest BCUT2D eigenvalue weighted by Crippen LogP contribution is -2.41. The fourth-order valence-corrected chi connectivity index (χ4v) is 2.56. The SMILES string of the molecule is CC(C)(C)c1ccc(C(=O)NNC(=O)c2ccc3ccccc3n2)cc1. The van der Waals surface area contributed by atoms with Crippen LogP contribution in [0.4, 0.5) is 0 Å². The second-order valence-corrected chi connectivity index (χ2v) is 7.12. The van der Waals surface area contributed by atoms with E-state index in [-0.39, 0.29) is 17.0 Å². The molecule has 3 rings (SSSR count). The maximum atomic E-state index is 12.2. The van der Waals surface area contributed by atoms with Gasteiger partial charge in [0.2, 0.25) is 0 Å². The predicted octanol–water partition coefficient (Wildman–Crippen LogP) is 3.61. The van der Waals surface area contributed by atoms with Crippen LogP contribution in [0, 0.1) is 0 Å². The molecule has 0 aliphatic rings. The Morgan fingerprint density at radius 1 is 0.808 bits per heavy atom. The van der Waals surface area contributed by atoms with Crippen molar-refractivity contribution < 1.29 is 9.59 Å². The third-order valence-electron chi connectivity index (χ3n) is 4.13. The molecule has 0 aliphatic heterocycles. The molecule has 0 atom stereocenters. The molecule has 2 aromatic carbocycles. The summed E-state index contributed by atoms with van der Waals surface area (Å²) in [5.74, 6) is -0.838. The van der Waals surface area contributed by atoms with E-state index in [2.05, 4.69) is 36.6 Å². The number of fused-ring (bicyclic) bond motifs is 1. The van der Waals surface area contributed by atoms with Crippen LogP contribution in [0.15, 0.2) is 60.7 Å². The number of hydrogen-bond acceptors (Lipinski definition) is 3. The van der Waals surface area contributed by atoms with Gasteiger partial charge in [-0.1, -0.05) is 57.2 Å². The number of hydrazine groups is 1. The van der Waals surface area contributed by atoms with E-state index in [0.29, 0.717) is 5.56 Å². The summed E-state index contributed by atoms with van der Waals surface area (Å²) in [5.41, 5.74) is 7.43. The monoisotopic (exact) mass is 347 g/mol. The van der Waals surface area contributed by atoms with E-state index in [1.807, 2.05) is 42.5 Å². The zero-order valence-corrected chi connectivity index (χ0v) is 15.0. The van der Waals surface area contributed by atoms with Gasteiger partial charge in [-0.05, 0) is 35.2 Å². The van der Waals surface area contributed by atoms with Crippen molar-refractivity contribution in [2.45, 2.75) is 26.2 Å². The van der Waals surface area contributed by atoms with Gasteiger partial charge in [-0.25, -0.2) is 4.98 Å². The van der Waals surface area contributed by atoms with Crippen LogP contribution in [-0.2, 0) is 5.41 Å². The predicted molar refractivity (Wildman–Crippen MR) is 102 cm³/mol. The Morgan fingerprint density at radius 3 is 2.15 bits per heavy atom. The number of benzene rings is 2. The highest BCUT2D eigenvalue weighted by Crippen LogP contribution is 2.22. The van der Waals surface area contributed by atoms with Crippen molar-refractivity contribution in [2.24, 2.45) is 0 Å². The molecule has 0 fully saturated rings. The van der Waals surface area contributed by atoms with Crippen LogP contribution in [0.2, 0.25) is 0 Å². The van der Waals surface area contributed by atoms with E-state index >= 15 is 0 Å². The average molecular weight is 347 g/mol. The summed E-state index contributed by atoms with van der Waals surface area (Å²) in [4.78, 5) is 28.7. The molecule has 0 saturated carbocycles. The Hall–Kier alpha value is -3.21. The van der Waals surface area contributed by atoms with Crippen molar-refractivity contribution in [3.8, 4) is 0 Å². The summed E-state index contributed by atoms with van der Waals surface area (Å²) < 4.78 is 0. The number of pyridine rings is 1. The van der Waals surface area contributed by atoms with Crippen molar-refractivity contribution in [1.82, 2.24) is 15.8 Å². The largest absolute Gasteiger partial charge is 0.288 e. The zero-order chi connectivity index (χ0) is 18.7. The maximum Gasteiger partial charge on any atom is 0.288 e. The van der Waals surface area contributed by atoms with E-state index in [4.69, 9.17) is 0 Å². The number of carbonyl (C=O) groups is 2. The molecule has 0 bridgehead atoms. The van der Waals surface area contributed by atoms with Gasteiger partial charge in [-0.15, -0.1) is 0 Å². The van der Waals surface area contributed by atoms with Gasteiger partial charge in [0.05, 0.1) is 5.52 Å². The standard InChI is InChI=1S/C21H21N3O2/c1-21(2,3)16-11-8-15(9-12-16)19(25)23-24-20(26)18-13-10-14-6-4-5-7-17(14)22-18/h4-13H,1-3H3,(H,23,25)(H,24,26). The van der Waals surface area contributed by atoms with Gasteiger partial charge in [0.1, 0.15) is 5.69 Å². The number of nitrogens with one attached hydrogen (secondary N) is 2. The molecular weight excluding hydrogens is 326 g/mol. The van der Waals surface area contributed by atoms with Gasteiger partial charge in [-0.2, -0.15) is 0 Å². The van der Waals surface area contributed by atoms with Crippen molar-refractivity contribution in [2.75, 3.05) is 0 Å². The quantitative estimate of drug-likeness (QED) is 0.696. The van der Waals surface area contributed by atoms with Gasteiger partial charge < -0.3 is 0 Å². The van der Waals surface area contributed by atoms with Crippen molar-refractivity contribution in [3.63, 3.8) is 0 Å². The molecule has 3 aromatic rings. The highest BCUT2D eigenvalue weighted by molar-refractivity contribution is 5.99. The Morgan fingerprint density at radius 2 is 1.46 bits per heavy atom. The molecule has 0 radical (unpaired) electrons. The van der Waals surface area contributed by atoms with Crippen molar-refractivity contribution in [1.29, 1.82) is 0 Å². The van der Waals surface area contributed by atoms with Gasteiger partial charge >= 0.3 is 0 Å². The lowest BCUT2D eigenvalue weighted by Gasteiger charge is -2.19. The lowest BCUT2D eigenvalue weighted by atomic mass is 9.87. The van der Waals surface area contributed by atoms with E-state index in [9.17, 15) is 9.59 Å². The molecule has 132 valence electrons. The van der Waals surface area contributed by atoms with Gasteiger partial charge in [0, 0.05) is 10.9 Å². The Kier molecular flexibility index (Phi) is 4.71. The normalized spacial score (nSPS) is 11.2. The smallest absolute Gasteiger partial charge is 0.267 e. The molecule has 1 aromatic heterocycles. The fourth-order valence-electron chi connectivity index (χ4n) is 2.56. The van der Waals surface area contributed by atoms with Gasteiger partial charge in [0.25, 0.3) is 11.8 Å². The highest BCUT2D eigenvalue weighted by Gasteiger charge is 2.15. The molecule has 2 N–H and O–H groups in total. The number of aromatic nitrogens is 1. The second kappa shape index (κ2) is 6.96. The molecular formula is C21H21N3O2. The molecule has 0 aliphatic carbocycles. The van der Waals surface area contributed by atoms with Crippen LogP contribution in [-0.4, -0.2) is 16.8 Å². The topological polar surface area (TPSA) is 71.1 Å². The molecule has 0 spiro atoms. The van der Waals surface area contributed by atoms with Crippen LogP contribution in [0.1, 0.15) is 47.2 Å². The summed E-state index contributed by atoms with van der Waals surface area (Å²) in [6, 6.07) is 18.3. The average Bonchev–Trinajstić information content (AvgIpc) is 2.64. The van der Waals surface area contributed by atoms with Crippen molar-refractivity contribution >= 4 is 22.7 Å². The minimum Gasteiger partial charge on any atom is -0.267 e. The Labute approximate surface area is 152 Å². The summed E-state index contributed by atoms with van der Waals surface area (Å²) in [6.07, 6.45) is 0. The number of hydrogen-bond donors (Lipinski definition) is 2. The summed E-state index contributed by atoms with van der Waals surface area (Å²) >= 11 is 0. The minimum absolute atomic E-state index is 0.0188. The summed E-state index contributed by atoms with van der Waals surface area (Å²) in [7, 11) is 0. The first-order valence-electron chi connectivity index (χ1n) is 8.41. The third kappa shape index (κ3) is 3.88. The van der Waals surface area contributed by atoms with E-state index in [1.54, 1.807) is 18.2 Å². The Bertz CT molecular complexity index is 957. The van der Waals surface area contributed by atoms with Gasteiger partial charge in [-0.3, -0.25) is 20.4 Å². The first kappa shape index (κ1) is 17.6. The zero-order valence-electron chi connectivity index (χ0n) is 15.0. The van der Waals surface area contributed by atoms with Crippen LogP contribution in [0.3, 0.4) is 0 Å². The molecule has 0 unspecified atom stereocenters. The number of nitrogens with zero attached hydrogens (tertiary/aromatic N) is 1. The molecule has 2 amide bonds. The maximum absolute atomic E-state index is 12.2. The van der Waals surface area contributed by atoms with Crippen LogP contribution < -0.4 is 10.9 Å². The number of carbonyl (C=O) groups excluding carboxylic acids is 2. The lowest BCUT2D eigenvalue weighted by molar-refractivity contribution is 0.0844.